The monoisotopic (exact) mass is 244 g/mol. The van der Waals surface area contributed by atoms with Gasteiger partial charge in [-0.05, 0) is 25.5 Å². The summed E-state index contributed by atoms with van der Waals surface area (Å²) in [5.74, 6) is -0.00727. The lowest BCUT2D eigenvalue weighted by atomic mass is 10.1. The van der Waals surface area contributed by atoms with Crippen molar-refractivity contribution >= 4 is 16.8 Å². The van der Waals surface area contributed by atoms with Crippen molar-refractivity contribution in [1.29, 1.82) is 0 Å². The van der Waals surface area contributed by atoms with Gasteiger partial charge in [0.15, 0.2) is 0 Å². The lowest BCUT2D eigenvalue weighted by Gasteiger charge is -2.35. The SMILES string of the molecule is Cc1[nH]c2c(C(=O)N3CC(O)C3)cccc2c1C. The van der Waals surface area contributed by atoms with Gasteiger partial charge in [-0.1, -0.05) is 12.1 Å². The van der Waals surface area contributed by atoms with E-state index in [1.165, 1.54) is 5.56 Å². The molecule has 0 spiro atoms. The van der Waals surface area contributed by atoms with Crippen molar-refractivity contribution < 1.29 is 9.90 Å². The summed E-state index contributed by atoms with van der Waals surface area (Å²) in [6.45, 7) is 4.94. The number of nitrogens with zero attached hydrogens (tertiary/aromatic N) is 1. The minimum absolute atomic E-state index is 0.00727. The summed E-state index contributed by atoms with van der Waals surface area (Å²) >= 11 is 0. The van der Waals surface area contributed by atoms with E-state index in [4.69, 9.17) is 0 Å². The number of H-pyrrole nitrogens is 1. The number of fused-ring (bicyclic) bond motifs is 1. The van der Waals surface area contributed by atoms with Crippen LogP contribution in [0.3, 0.4) is 0 Å². The van der Waals surface area contributed by atoms with Crippen LogP contribution in [0, 0.1) is 13.8 Å². The second kappa shape index (κ2) is 3.85. The van der Waals surface area contributed by atoms with Crippen LogP contribution in [0.2, 0.25) is 0 Å². The maximum absolute atomic E-state index is 12.3. The number of benzene rings is 1. The van der Waals surface area contributed by atoms with E-state index in [2.05, 4.69) is 11.9 Å². The highest BCUT2D eigenvalue weighted by molar-refractivity contribution is 6.07. The molecule has 1 aromatic carbocycles. The van der Waals surface area contributed by atoms with Gasteiger partial charge in [-0.15, -0.1) is 0 Å². The van der Waals surface area contributed by atoms with Crippen LogP contribution in [-0.2, 0) is 0 Å². The second-order valence-corrected chi connectivity index (χ2v) is 4.97. The molecule has 1 saturated heterocycles. The number of para-hydroxylation sites is 1. The molecule has 1 aliphatic heterocycles. The summed E-state index contributed by atoms with van der Waals surface area (Å²) in [5, 5.41) is 10.4. The number of aromatic amines is 1. The molecular weight excluding hydrogens is 228 g/mol. The zero-order valence-electron chi connectivity index (χ0n) is 10.5. The molecule has 2 N–H and O–H groups in total. The molecule has 3 rings (SSSR count). The number of hydrogen-bond acceptors (Lipinski definition) is 2. The molecule has 1 aromatic heterocycles. The minimum Gasteiger partial charge on any atom is -0.389 e. The molecule has 1 amide bonds. The molecule has 4 nitrogen and oxygen atoms in total. The molecule has 0 radical (unpaired) electrons. The molecule has 4 heteroatoms. The first-order chi connectivity index (χ1) is 8.58. The molecule has 0 unspecified atom stereocenters. The Labute approximate surface area is 105 Å². The van der Waals surface area contributed by atoms with Crippen molar-refractivity contribution in [2.45, 2.75) is 20.0 Å². The summed E-state index contributed by atoms with van der Waals surface area (Å²) < 4.78 is 0. The third-order valence-electron chi connectivity index (χ3n) is 3.72. The zero-order valence-corrected chi connectivity index (χ0v) is 10.5. The summed E-state index contributed by atoms with van der Waals surface area (Å²) in [6, 6.07) is 5.77. The van der Waals surface area contributed by atoms with Gasteiger partial charge >= 0.3 is 0 Å². The number of rotatable bonds is 1. The Hall–Kier alpha value is -1.81. The molecule has 1 aliphatic rings. The lowest BCUT2D eigenvalue weighted by Crippen LogP contribution is -2.53. The first kappa shape index (κ1) is 11.3. The predicted octanol–water partition coefficient (Wildman–Crippen LogP) is 1.60. The van der Waals surface area contributed by atoms with Gasteiger partial charge in [0.25, 0.3) is 5.91 Å². The van der Waals surface area contributed by atoms with E-state index in [9.17, 15) is 9.90 Å². The number of hydrogen-bond donors (Lipinski definition) is 2. The Kier molecular flexibility index (Phi) is 2.41. The molecule has 0 bridgehead atoms. The number of aromatic nitrogens is 1. The number of aliphatic hydroxyl groups is 1. The first-order valence-corrected chi connectivity index (χ1v) is 6.13. The van der Waals surface area contributed by atoms with Crippen LogP contribution >= 0.6 is 0 Å². The maximum Gasteiger partial charge on any atom is 0.256 e. The Morgan fingerprint density at radius 3 is 2.78 bits per heavy atom. The molecule has 0 saturated carbocycles. The summed E-state index contributed by atoms with van der Waals surface area (Å²) in [6.07, 6.45) is -0.361. The van der Waals surface area contributed by atoms with E-state index >= 15 is 0 Å². The van der Waals surface area contributed by atoms with E-state index in [1.807, 2.05) is 25.1 Å². The molecule has 0 atom stereocenters. The fourth-order valence-corrected chi connectivity index (χ4v) is 2.45. The van der Waals surface area contributed by atoms with E-state index in [1.54, 1.807) is 4.90 Å². The van der Waals surface area contributed by atoms with Crippen LogP contribution < -0.4 is 0 Å². The number of carbonyl (C=O) groups is 1. The molecule has 0 aliphatic carbocycles. The Balaban J connectivity index is 2.06. The van der Waals surface area contributed by atoms with Crippen molar-refractivity contribution in [1.82, 2.24) is 9.88 Å². The van der Waals surface area contributed by atoms with Crippen molar-refractivity contribution in [2.75, 3.05) is 13.1 Å². The molecule has 94 valence electrons. The third kappa shape index (κ3) is 1.53. The molecule has 2 aromatic rings. The lowest BCUT2D eigenvalue weighted by molar-refractivity contribution is 0.00601. The van der Waals surface area contributed by atoms with Crippen LogP contribution in [0.1, 0.15) is 21.6 Å². The maximum atomic E-state index is 12.3. The third-order valence-corrected chi connectivity index (χ3v) is 3.72. The van der Waals surface area contributed by atoms with Crippen molar-refractivity contribution in [3.8, 4) is 0 Å². The van der Waals surface area contributed by atoms with Crippen LogP contribution in [0.5, 0.6) is 0 Å². The normalized spacial score (nSPS) is 16.1. The van der Waals surface area contributed by atoms with Gasteiger partial charge in [-0.2, -0.15) is 0 Å². The molecule has 2 heterocycles. The number of carbonyl (C=O) groups excluding carboxylic acids is 1. The topological polar surface area (TPSA) is 56.3 Å². The molecular formula is C14H16N2O2. The number of amides is 1. The van der Waals surface area contributed by atoms with E-state index in [0.717, 1.165) is 16.6 Å². The largest absolute Gasteiger partial charge is 0.389 e. The molecule has 18 heavy (non-hydrogen) atoms. The fraction of sp³-hybridized carbons (Fsp3) is 0.357. The van der Waals surface area contributed by atoms with Gasteiger partial charge in [0.05, 0.1) is 17.2 Å². The number of likely N-dealkylation sites (tertiary alicyclic amines) is 1. The smallest absolute Gasteiger partial charge is 0.256 e. The highest BCUT2D eigenvalue weighted by atomic mass is 16.3. The van der Waals surface area contributed by atoms with Crippen LogP contribution in [0.15, 0.2) is 18.2 Å². The van der Waals surface area contributed by atoms with E-state index < -0.39 is 0 Å². The average molecular weight is 244 g/mol. The van der Waals surface area contributed by atoms with Gasteiger partial charge in [-0.25, -0.2) is 0 Å². The van der Waals surface area contributed by atoms with Crippen LogP contribution in [0.25, 0.3) is 10.9 Å². The first-order valence-electron chi connectivity index (χ1n) is 6.13. The van der Waals surface area contributed by atoms with Gasteiger partial charge < -0.3 is 15.0 Å². The van der Waals surface area contributed by atoms with Crippen molar-refractivity contribution in [2.24, 2.45) is 0 Å². The Bertz CT molecular complexity index is 624. The zero-order chi connectivity index (χ0) is 12.9. The minimum atomic E-state index is -0.361. The number of nitrogens with one attached hydrogen (secondary N) is 1. The Morgan fingerprint density at radius 1 is 1.39 bits per heavy atom. The van der Waals surface area contributed by atoms with Gasteiger partial charge in [0.1, 0.15) is 0 Å². The van der Waals surface area contributed by atoms with Crippen molar-refractivity contribution in [3.63, 3.8) is 0 Å². The number of aliphatic hydroxyl groups excluding tert-OH is 1. The average Bonchev–Trinajstić information content (AvgIpc) is 2.61. The standard InChI is InChI=1S/C14H16N2O2/c1-8-9(2)15-13-11(8)4-3-5-12(13)14(18)16-6-10(17)7-16/h3-5,10,15,17H,6-7H2,1-2H3. The van der Waals surface area contributed by atoms with Gasteiger partial charge in [0.2, 0.25) is 0 Å². The van der Waals surface area contributed by atoms with Gasteiger partial charge in [-0.3, -0.25) is 4.79 Å². The summed E-state index contributed by atoms with van der Waals surface area (Å²) in [4.78, 5) is 17.3. The van der Waals surface area contributed by atoms with Gasteiger partial charge in [0, 0.05) is 24.2 Å². The fourth-order valence-electron chi connectivity index (χ4n) is 2.45. The Morgan fingerprint density at radius 2 is 2.11 bits per heavy atom. The number of aryl methyl sites for hydroxylation is 2. The van der Waals surface area contributed by atoms with Crippen LogP contribution in [-0.4, -0.2) is 40.1 Å². The van der Waals surface area contributed by atoms with Crippen molar-refractivity contribution in [3.05, 3.63) is 35.0 Å². The van der Waals surface area contributed by atoms with E-state index in [0.29, 0.717) is 18.7 Å². The summed E-state index contributed by atoms with van der Waals surface area (Å²) in [5.41, 5.74) is 3.87. The predicted molar refractivity (Wildman–Crippen MR) is 69.7 cm³/mol. The highest BCUT2D eigenvalue weighted by Gasteiger charge is 2.30. The quantitative estimate of drug-likeness (QED) is 0.800. The van der Waals surface area contributed by atoms with Crippen LogP contribution in [0.4, 0.5) is 0 Å². The van der Waals surface area contributed by atoms with E-state index in [-0.39, 0.29) is 12.0 Å². The highest BCUT2D eigenvalue weighted by Crippen LogP contribution is 2.26. The second-order valence-electron chi connectivity index (χ2n) is 4.97. The molecule has 1 fully saturated rings. The summed E-state index contributed by atoms with van der Waals surface area (Å²) in [7, 11) is 0. The number of β-amino-alcohol motifs (C(OH)–C–C–N with tert-alkyl or cyclic N) is 1.